The van der Waals surface area contributed by atoms with Crippen LogP contribution < -0.4 is 5.32 Å². The number of rotatable bonds is 5. The van der Waals surface area contributed by atoms with Crippen LogP contribution in [0.2, 0.25) is 0 Å². The number of thiazole rings is 1. The minimum atomic E-state index is -0.560. The minimum absolute atomic E-state index is 0.302. The van der Waals surface area contributed by atoms with E-state index in [-0.39, 0.29) is 5.97 Å². The van der Waals surface area contributed by atoms with Crippen LogP contribution in [0.25, 0.3) is 0 Å². The maximum atomic E-state index is 12.1. The van der Waals surface area contributed by atoms with Crippen molar-refractivity contribution in [2.24, 2.45) is 0 Å². The van der Waals surface area contributed by atoms with Crippen LogP contribution in [-0.2, 0) is 9.53 Å². The molecule has 1 aromatic heterocycles. The van der Waals surface area contributed by atoms with Crippen LogP contribution in [0, 0.1) is 13.8 Å². The van der Waals surface area contributed by atoms with E-state index in [0.717, 1.165) is 22.0 Å². The van der Waals surface area contributed by atoms with Crippen LogP contribution >= 0.6 is 11.3 Å². The molecule has 1 unspecified atom stereocenters. The molecule has 4 nitrogen and oxygen atoms in total. The second-order valence-corrected chi connectivity index (χ2v) is 5.42. The SMILES string of the molecule is CCOC(=O)C(Nc1cccc(C)c1)c1nc(C)cs1. The molecule has 2 aromatic rings. The molecule has 0 bridgehead atoms. The van der Waals surface area contributed by atoms with Crippen molar-refractivity contribution in [2.45, 2.75) is 26.8 Å². The van der Waals surface area contributed by atoms with Gasteiger partial charge in [-0.1, -0.05) is 12.1 Å². The lowest BCUT2D eigenvalue weighted by molar-refractivity contribution is -0.144. The summed E-state index contributed by atoms with van der Waals surface area (Å²) in [4.78, 5) is 16.5. The maximum Gasteiger partial charge on any atom is 0.335 e. The summed E-state index contributed by atoms with van der Waals surface area (Å²) >= 11 is 1.46. The fraction of sp³-hybridized carbons (Fsp3) is 0.333. The molecule has 0 spiro atoms. The van der Waals surface area contributed by atoms with E-state index in [1.54, 1.807) is 6.92 Å². The fourth-order valence-corrected chi connectivity index (χ4v) is 2.69. The lowest BCUT2D eigenvalue weighted by atomic mass is 10.2. The average Bonchev–Trinajstić information content (AvgIpc) is 2.83. The van der Waals surface area contributed by atoms with Gasteiger partial charge >= 0.3 is 5.97 Å². The van der Waals surface area contributed by atoms with Gasteiger partial charge in [-0.2, -0.15) is 0 Å². The number of carbonyl (C=O) groups excluding carboxylic acids is 1. The predicted octanol–water partition coefficient (Wildman–Crippen LogP) is 3.48. The molecule has 0 fully saturated rings. The van der Waals surface area contributed by atoms with Crippen LogP contribution in [0.5, 0.6) is 0 Å². The number of hydrogen-bond donors (Lipinski definition) is 1. The summed E-state index contributed by atoms with van der Waals surface area (Å²) in [5.74, 6) is -0.302. The van der Waals surface area contributed by atoms with Gasteiger partial charge in [-0.15, -0.1) is 11.3 Å². The molecule has 0 amide bonds. The predicted molar refractivity (Wildman–Crippen MR) is 81.0 cm³/mol. The highest BCUT2D eigenvalue weighted by atomic mass is 32.1. The normalized spacial score (nSPS) is 11.9. The summed E-state index contributed by atoms with van der Waals surface area (Å²) < 4.78 is 5.14. The van der Waals surface area contributed by atoms with Crippen molar-refractivity contribution < 1.29 is 9.53 Å². The average molecular weight is 290 g/mol. The third kappa shape index (κ3) is 3.57. The van der Waals surface area contributed by atoms with E-state index in [2.05, 4.69) is 10.3 Å². The first-order chi connectivity index (χ1) is 9.60. The Morgan fingerprint density at radius 3 is 2.85 bits per heavy atom. The monoisotopic (exact) mass is 290 g/mol. The minimum Gasteiger partial charge on any atom is -0.464 e. The number of hydrogen-bond acceptors (Lipinski definition) is 5. The van der Waals surface area contributed by atoms with Crippen LogP contribution in [0.4, 0.5) is 5.69 Å². The molecule has 1 aromatic carbocycles. The van der Waals surface area contributed by atoms with Crippen LogP contribution in [0.3, 0.4) is 0 Å². The summed E-state index contributed by atoms with van der Waals surface area (Å²) in [7, 11) is 0. The summed E-state index contributed by atoms with van der Waals surface area (Å²) in [5.41, 5.74) is 2.93. The number of esters is 1. The van der Waals surface area contributed by atoms with Crippen molar-refractivity contribution >= 4 is 23.0 Å². The molecule has 1 heterocycles. The van der Waals surface area contributed by atoms with Crippen LogP contribution in [0.1, 0.15) is 29.2 Å². The quantitative estimate of drug-likeness (QED) is 0.857. The summed E-state index contributed by atoms with van der Waals surface area (Å²) in [5, 5.41) is 5.86. The molecule has 0 saturated carbocycles. The fourth-order valence-electron chi connectivity index (χ4n) is 1.85. The standard InChI is InChI=1S/C15H18N2O2S/c1-4-19-15(18)13(14-16-11(3)9-20-14)17-12-7-5-6-10(2)8-12/h5-9,13,17H,4H2,1-3H3. The second kappa shape index (κ2) is 6.52. The Hall–Kier alpha value is -1.88. The van der Waals surface area contributed by atoms with Gasteiger partial charge in [-0.25, -0.2) is 9.78 Å². The molecule has 0 aliphatic rings. The Bertz CT molecular complexity index is 595. The number of benzene rings is 1. The number of ether oxygens (including phenoxy) is 1. The van der Waals surface area contributed by atoms with E-state index in [9.17, 15) is 4.79 Å². The third-order valence-corrected chi connectivity index (χ3v) is 3.76. The molecule has 20 heavy (non-hydrogen) atoms. The van der Waals surface area contributed by atoms with Crippen molar-refractivity contribution in [3.63, 3.8) is 0 Å². The van der Waals surface area contributed by atoms with E-state index in [1.165, 1.54) is 11.3 Å². The number of aryl methyl sites for hydroxylation is 2. The van der Waals surface area contributed by atoms with E-state index < -0.39 is 6.04 Å². The highest BCUT2D eigenvalue weighted by molar-refractivity contribution is 7.09. The van der Waals surface area contributed by atoms with Crippen LogP contribution in [0.15, 0.2) is 29.6 Å². The Labute approximate surface area is 122 Å². The molecule has 0 radical (unpaired) electrons. The number of anilines is 1. The topological polar surface area (TPSA) is 51.2 Å². The Morgan fingerprint density at radius 2 is 2.25 bits per heavy atom. The maximum absolute atomic E-state index is 12.1. The first-order valence-corrected chi connectivity index (χ1v) is 7.40. The third-order valence-electron chi connectivity index (χ3n) is 2.74. The van der Waals surface area contributed by atoms with E-state index in [4.69, 9.17) is 4.74 Å². The summed E-state index contributed by atoms with van der Waals surface area (Å²) in [6, 6.07) is 7.33. The molecular weight excluding hydrogens is 272 g/mol. The molecule has 5 heteroatoms. The number of nitrogens with zero attached hydrogens (tertiary/aromatic N) is 1. The number of nitrogens with one attached hydrogen (secondary N) is 1. The molecule has 0 aliphatic carbocycles. The van der Waals surface area contributed by atoms with Crippen molar-refractivity contribution in [1.82, 2.24) is 4.98 Å². The molecule has 0 aliphatic heterocycles. The Morgan fingerprint density at radius 1 is 1.45 bits per heavy atom. The van der Waals surface area contributed by atoms with E-state index in [1.807, 2.05) is 43.5 Å². The lowest BCUT2D eigenvalue weighted by Crippen LogP contribution is -2.23. The van der Waals surface area contributed by atoms with Gasteiger partial charge < -0.3 is 10.1 Å². The first kappa shape index (κ1) is 14.5. The second-order valence-electron chi connectivity index (χ2n) is 4.53. The van der Waals surface area contributed by atoms with E-state index >= 15 is 0 Å². The van der Waals surface area contributed by atoms with Gasteiger partial charge in [0.05, 0.1) is 6.61 Å². The number of carbonyl (C=O) groups is 1. The Balaban J connectivity index is 2.25. The zero-order valence-corrected chi connectivity index (χ0v) is 12.7. The van der Waals surface area contributed by atoms with Gasteiger partial charge in [0.25, 0.3) is 0 Å². The molecule has 2 rings (SSSR count). The molecule has 1 atom stereocenters. The van der Waals surface area contributed by atoms with Gasteiger partial charge in [0, 0.05) is 16.8 Å². The first-order valence-electron chi connectivity index (χ1n) is 6.52. The van der Waals surface area contributed by atoms with Gasteiger partial charge in [-0.05, 0) is 38.5 Å². The van der Waals surface area contributed by atoms with Gasteiger partial charge in [0.1, 0.15) is 5.01 Å². The molecule has 1 N–H and O–H groups in total. The van der Waals surface area contributed by atoms with Gasteiger partial charge in [-0.3, -0.25) is 0 Å². The smallest absolute Gasteiger partial charge is 0.335 e. The number of aromatic nitrogens is 1. The zero-order valence-electron chi connectivity index (χ0n) is 11.8. The summed E-state index contributed by atoms with van der Waals surface area (Å²) in [6.45, 7) is 6.08. The van der Waals surface area contributed by atoms with Crippen LogP contribution in [-0.4, -0.2) is 17.6 Å². The van der Waals surface area contributed by atoms with E-state index in [0.29, 0.717) is 6.61 Å². The van der Waals surface area contributed by atoms with Crippen molar-refractivity contribution in [3.8, 4) is 0 Å². The zero-order chi connectivity index (χ0) is 14.5. The van der Waals surface area contributed by atoms with Crippen molar-refractivity contribution in [2.75, 3.05) is 11.9 Å². The molecule has 0 saturated heterocycles. The lowest BCUT2D eigenvalue weighted by Gasteiger charge is -2.16. The molecule has 106 valence electrons. The van der Waals surface area contributed by atoms with Gasteiger partial charge in [0.15, 0.2) is 6.04 Å². The highest BCUT2D eigenvalue weighted by Crippen LogP contribution is 2.24. The van der Waals surface area contributed by atoms with Crippen molar-refractivity contribution in [3.05, 3.63) is 45.9 Å². The highest BCUT2D eigenvalue weighted by Gasteiger charge is 2.24. The van der Waals surface area contributed by atoms with Crippen molar-refractivity contribution in [1.29, 1.82) is 0 Å². The molecular formula is C15H18N2O2S. The summed E-state index contributed by atoms with van der Waals surface area (Å²) in [6.07, 6.45) is 0. The van der Waals surface area contributed by atoms with Gasteiger partial charge in [0.2, 0.25) is 0 Å². The Kier molecular flexibility index (Phi) is 4.74. The largest absolute Gasteiger partial charge is 0.464 e.